The second-order valence-corrected chi connectivity index (χ2v) is 5.98. The maximum atomic E-state index is 11.2. The third-order valence-electron chi connectivity index (χ3n) is 4.79. The van der Waals surface area contributed by atoms with Gasteiger partial charge in [-0.3, -0.25) is 4.79 Å². The lowest BCUT2D eigenvalue weighted by Gasteiger charge is -2.36. The molecule has 0 unspecified atom stereocenters. The molecular weight excluding hydrogens is 298 g/mol. The number of benzene rings is 1. The Balaban J connectivity index is 2.00. The van der Waals surface area contributed by atoms with Crippen LogP contribution in [0.2, 0.25) is 0 Å². The molecule has 0 spiro atoms. The van der Waals surface area contributed by atoms with Crippen LogP contribution in [0.4, 0.5) is 0 Å². The summed E-state index contributed by atoms with van der Waals surface area (Å²) in [5, 5.41) is 19.0. The first-order valence-electron chi connectivity index (χ1n) is 7.72. The topological polar surface area (TPSA) is 88.8 Å². The normalized spacial score (nSPS) is 26.2. The molecule has 6 heteroatoms. The third kappa shape index (κ3) is 2.56. The fourth-order valence-corrected chi connectivity index (χ4v) is 3.45. The lowest BCUT2D eigenvalue weighted by molar-refractivity contribution is -0.143. The van der Waals surface area contributed by atoms with Crippen molar-refractivity contribution >= 4 is 5.97 Å². The second-order valence-electron chi connectivity index (χ2n) is 5.98. The number of rotatable bonds is 3. The van der Waals surface area contributed by atoms with Gasteiger partial charge in [-0.25, -0.2) is 0 Å². The minimum absolute atomic E-state index is 0.372. The van der Waals surface area contributed by atoms with Crippen LogP contribution < -0.4 is 14.2 Å². The van der Waals surface area contributed by atoms with Crippen molar-refractivity contribution in [2.24, 2.45) is 5.92 Å². The first kappa shape index (κ1) is 15.5. The van der Waals surface area contributed by atoms with Gasteiger partial charge in [0.15, 0.2) is 11.5 Å². The van der Waals surface area contributed by atoms with Crippen molar-refractivity contribution in [3.8, 4) is 23.3 Å². The Bertz CT molecular complexity index is 656. The summed E-state index contributed by atoms with van der Waals surface area (Å²) in [5.41, 5.74) is 0.0440. The van der Waals surface area contributed by atoms with Gasteiger partial charge in [-0.1, -0.05) is 0 Å². The molecule has 6 nitrogen and oxygen atoms in total. The molecule has 1 aliphatic carbocycles. The molecule has 1 aromatic carbocycles. The molecule has 0 saturated heterocycles. The minimum atomic E-state index is -0.784. The SMILES string of the molecule is COc1ccc(C2(C#N)CCC(C(=O)O)CC2)c2c1OCCO2. The third-order valence-corrected chi connectivity index (χ3v) is 4.79. The van der Waals surface area contributed by atoms with Crippen molar-refractivity contribution in [1.29, 1.82) is 5.26 Å². The number of ether oxygens (including phenoxy) is 3. The van der Waals surface area contributed by atoms with Crippen LogP contribution in [-0.2, 0) is 10.2 Å². The molecule has 23 heavy (non-hydrogen) atoms. The van der Waals surface area contributed by atoms with Gasteiger partial charge in [0.05, 0.1) is 24.5 Å². The largest absolute Gasteiger partial charge is 0.493 e. The molecule has 0 aromatic heterocycles. The zero-order valence-electron chi connectivity index (χ0n) is 13.0. The van der Waals surface area contributed by atoms with Gasteiger partial charge in [0, 0.05) is 5.56 Å². The number of fused-ring (bicyclic) bond motifs is 1. The van der Waals surface area contributed by atoms with Gasteiger partial charge < -0.3 is 19.3 Å². The summed E-state index contributed by atoms with van der Waals surface area (Å²) in [7, 11) is 1.56. The van der Waals surface area contributed by atoms with Crippen molar-refractivity contribution in [3.05, 3.63) is 17.7 Å². The summed E-state index contributed by atoms with van der Waals surface area (Å²) in [4.78, 5) is 11.2. The van der Waals surface area contributed by atoms with Gasteiger partial charge in [-0.15, -0.1) is 0 Å². The minimum Gasteiger partial charge on any atom is -0.493 e. The Kier molecular flexibility index (Phi) is 4.03. The van der Waals surface area contributed by atoms with Crippen LogP contribution in [0, 0.1) is 17.2 Å². The van der Waals surface area contributed by atoms with E-state index in [-0.39, 0.29) is 5.92 Å². The van der Waals surface area contributed by atoms with Gasteiger partial charge >= 0.3 is 5.97 Å². The molecule has 1 fully saturated rings. The van der Waals surface area contributed by atoms with E-state index in [9.17, 15) is 10.1 Å². The highest BCUT2D eigenvalue weighted by Crippen LogP contribution is 2.50. The number of nitriles is 1. The fraction of sp³-hybridized carbons (Fsp3) is 0.529. The number of carboxylic acid groups (broad SMARTS) is 1. The highest BCUT2D eigenvalue weighted by Gasteiger charge is 2.42. The summed E-state index contributed by atoms with van der Waals surface area (Å²) in [5.74, 6) is 0.517. The molecule has 1 aliphatic heterocycles. The first-order chi connectivity index (χ1) is 11.1. The highest BCUT2D eigenvalue weighted by atomic mass is 16.6. The molecule has 1 N–H and O–H groups in total. The molecule has 1 saturated carbocycles. The van der Waals surface area contributed by atoms with Crippen LogP contribution in [0.25, 0.3) is 0 Å². The van der Waals surface area contributed by atoms with Gasteiger partial charge in [-0.05, 0) is 37.8 Å². The fourth-order valence-electron chi connectivity index (χ4n) is 3.45. The van der Waals surface area contributed by atoms with E-state index >= 15 is 0 Å². The molecule has 0 atom stereocenters. The molecule has 0 bridgehead atoms. The Morgan fingerprint density at radius 2 is 1.96 bits per heavy atom. The lowest BCUT2D eigenvalue weighted by atomic mass is 9.67. The molecule has 1 aromatic rings. The lowest BCUT2D eigenvalue weighted by Crippen LogP contribution is -2.34. The average Bonchev–Trinajstić information content (AvgIpc) is 2.60. The van der Waals surface area contributed by atoms with Crippen molar-refractivity contribution < 1.29 is 24.1 Å². The summed E-state index contributed by atoms with van der Waals surface area (Å²) in [6, 6.07) is 6.04. The molecule has 3 rings (SSSR count). The number of methoxy groups -OCH3 is 1. The standard InChI is InChI=1S/C17H19NO5/c1-21-13-3-2-12(14-15(13)23-9-8-22-14)17(10-18)6-4-11(5-7-17)16(19)20/h2-3,11H,4-9H2,1H3,(H,19,20). The number of hydrogen-bond acceptors (Lipinski definition) is 5. The monoisotopic (exact) mass is 317 g/mol. The molecule has 1 heterocycles. The maximum absolute atomic E-state index is 11.2. The van der Waals surface area contributed by atoms with E-state index in [1.165, 1.54) is 0 Å². The number of aliphatic carboxylic acids is 1. The predicted molar refractivity (Wildman–Crippen MR) is 80.9 cm³/mol. The van der Waals surface area contributed by atoms with Crippen molar-refractivity contribution in [3.63, 3.8) is 0 Å². The van der Waals surface area contributed by atoms with E-state index in [0.717, 1.165) is 5.56 Å². The maximum Gasteiger partial charge on any atom is 0.306 e. The first-order valence-corrected chi connectivity index (χ1v) is 7.72. The van der Waals surface area contributed by atoms with Crippen LogP contribution in [0.3, 0.4) is 0 Å². The summed E-state index contributed by atoms with van der Waals surface area (Å²) >= 11 is 0. The van der Waals surface area contributed by atoms with Gasteiger partial charge in [0.1, 0.15) is 13.2 Å². The van der Waals surface area contributed by atoms with Crippen molar-refractivity contribution in [2.45, 2.75) is 31.1 Å². The van der Waals surface area contributed by atoms with Crippen LogP contribution in [0.5, 0.6) is 17.2 Å². The molecule has 0 radical (unpaired) electrons. The van der Waals surface area contributed by atoms with Crippen molar-refractivity contribution in [1.82, 2.24) is 0 Å². The molecule has 122 valence electrons. The van der Waals surface area contributed by atoms with E-state index in [4.69, 9.17) is 19.3 Å². The number of nitrogens with zero attached hydrogens (tertiary/aromatic N) is 1. The molecule has 0 amide bonds. The van der Waals surface area contributed by atoms with Crippen LogP contribution in [-0.4, -0.2) is 31.4 Å². The Morgan fingerprint density at radius 3 is 2.52 bits per heavy atom. The Labute approximate surface area is 134 Å². The number of carbonyl (C=O) groups is 1. The van der Waals surface area contributed by atoms with E-state index < -0.39 is 11.4 Å². The molecule has 2 aliphatic rings. The quantitative estimate of drug-likeness (QED) is 0.921. The Hall–Kier alpha value is -2.42. The van der Waals surface area contributed by atoms with Crippen LogP contribution >= 0.6 is 0 Å². The zero-order chi connectivity index (χ0) is 16.4. The summed E-state index contributed by atoms with van der Waals surface area (Å²) in [6.07, 6.45) is 1.99. The second kappa shape index (κ2) is 5.99. The van der Waals surface area contributed by atoms with Crippen LogP contribution in [0.1, 0.15) is 31.2 Å². The van der Waals surface area contributed by atoms with E-state index in [0.29, 0.717) is 56.1 Å². The van der Waals surface area contributed by atoms with E-state index in [1.807, 2.05) is 6.07 Å². The average molecular weight is 317 g/mol. The highest BCUT2D eigenvalue weighted by molar-refractivity contribution is 5.70. The summed E-state index contributed by atoms with van der Waals surface area (Å²) < 4.78 is 16.8. The van der Waals surface area contributed by atoms with E-state index in [2.05, 4.69) is 6.07 Å². The summed E-state index contributed by atoms with van der Waals surface area (Å²) in [6.45, 7) is 0.861. The smallest absolute Gasteiger partial charge is 0.306 e. The van der Waals surface area contributed by atoms with E-state index in [1.54, 1.807) is 13.2 Å². The molecular formula is C17H19NO5. The predicted octanol–water partition coefficient (Wildman–Crippen LogP) is 2.50. The Morgan fingerprint density at radius 1 is 1.30 bits per heavy atom. The van der Waals surface area contributed by atoms with Gasteiger partial charge in [0.2, 0.25) is 5.75 Å². The van der Waals surface area contributed by atoms with Crippen molar-refractivity contribution in [2.75, 3.05) is 20.3 Å². The zero-order valence-corrected chi connectivity index (χ0v) is 13.0. The van der Waals surface area contributed by atoms with Gasteiger partial charge in [-0.2, -0.15) is 5.26 Å². The van der Waals surface area contributed by atoms with Gasteiger partial charge in [0.25, 0.3) is 0 Å². The number of hydrogen-bond donors (Lipinski definition) is 1. The van der Waals surface area contributed by atoms with Crippen LogP contribution in [0.15, 0.2) is 12.1 Å². The number of carboxylic acids is 1.